The first-order chi connectivity index (χ1) is 15.7. The van der Waals surface area contributed by atoms with E-state index in [9.17, 15) is 4.79 Å². The van der Waals surface area contributed by atoms with E-state index in [-0.39, 0.29) is 11.0 Å². The lowest BCUT2D eigenvalue weighted by Crippen LogP contribution is -2.56. The van der Waals surface area contributed by atoms with Gasteiger partial charge in [0.05, 0.1) is 5.69 Å². The first kappa shape index (κ1) is 31.0. The molecule has 4 nitrogen and oxygen atoms in total. The normalized spacial score (nSPS) is 12.3. The summed E-state index contributed by atoms with van der Waals surface area (Å²) in [5, 5.41) is 8.98. The number of nitrogens with one attached hydrogen (secondary N) is 3. The number of thiocarbonyl (C=S) groups is 1. The molecule has 1 unspecified atom stereocenters. The number of hydrogen-bond acceptors (Lipinski definition) is 2. The molecule has 188 valence electrons. The fraction of sp³-hybridized carbons (Fsp3) is 0.667. The molecular weight excluding hydrogens is 612 g/mol. The Morgan fingerprint density at radius 1 is 0.909 bits per heavy atom. The van der Waals surface area contributed by atoms with Crippen LogP contribution in [0.2, 0.25) is 0 Å². The summed E-state index contributed by atoms with van der Waals surface area (Å²) in [6.45, 7) is 2.25. The standard InChI is InChI=1S/C24H37Cl3IN3OS/c1-2-3-4-5-6-7-8-9-10-11-12-13-18-21(32)30-22(24(25,26)27)31-23(33)29-20-17-15-14-16-19(20)28/h14-17,22H,2-13,18H2,1H3,(H,30,32)(H2,29,31,33). The number of halogens is 4. The zero-order valence-corrected chi connectivity index (χ0v) is 24.6. The molecule has 33 heavy (non-hydrogen) atoms. The summed E-state index contributed by atoms with van der Waals surface area (Å²) >= 11 is 25.7. The van der Waals surface area contributed by atoms with Crippen LogP contribution in [0.15, 0.2) is 24.3 Å². The van der Waals surface area contributed by atoms with Gasteiger partial charge in [-0.05, 0) is 53.4 Å². The molecular formula is C24H37Cl3IN3OS. The minimum absolute atomic E-state index is 0.164. The van der Waals surface area contributed by atoms with Crippen molar-refractivity contribution in [2.45, 2.75) is 100 Å². The predicted molar refractivity (Wildman–Crippen MR) is 156 cm³/mol. The van der Waals surface area contributed by atoms with Gasteiger partial charge in [-0.3, -0.25) is 4.79 Å². The second-order valence-corrected chi connectivity index (χ2v) is 12.2. The Kier molecular flexibility index (Phi) is 17.2. The van der Waals surface area contributed by atoms with Crippen molar-refractivity contribution in [1.82, 2.24) is 10.6 Å². The number of para-hydroxylation sites is 1. The molecule has 0 saturated carbocycles. The van der Waals surface area contributed by atoms with E-state index < -0.39 is 9.96 Å². The van der Waals surface area contributed by atoms with Crippen molar-refractivity contribution in [1.29, 1.82) is 0 Å². The van der Waals surface area contributed by atoms with Crippen LogP contribution >= 0.6 is 69.6 Å². The van der Waals surface area contributed by atoms with Gasteiger partial charge in [-0.15, -0.1) is 0 Å². The largest absolute Gasteiger partial charge is 0.339 e. The number of anilines is 1. The van der Waals surface area contributed by atoms with E-state index in [1.165, 1.54) is 57.8 Å². The van der Waals surface area contributed by atoms with Gasteiger partial charge < -0.3 is 16.0 Å². The predicted octanol–water partition coefficient (Wildman–Crippen LogP) is 8.48. The number of carbonyl (C=O) groups is 1. The van der Waals surface area contributed by atoms with Crippen LogP contribution in [0.1, 0.15) is 90.4 Å². The Balaban J connectivity index is 2.23. The Bertz CT molecular complexity index is 704. The molecule has 1 amide bonds. The lowest BCUT2D eigenvalue weighted by molar-refractivity contribution is -0.122. The summed E-state index contributed by atoms with van der Waals surface area (Å²) in [7, 11) is 0. The lowest BCUT2D eigenvalue weighted by atomic mass is 10.0. The number of hydrogen-bond donors (Lipinski definition) is 3. The van der Waals surface area contributed by atoms with Crippen molar-refractivity contribution in [3.8, 4) is 0 Å². The van der Waals surface area contributed by atoms with Crippen molar-refractivity contribution in [3.63, 3.8) is 0 Å². The maximum absolute atomic E-state index is 12.4. The molecule has 0 aliphatic heterocycles. The molecule has 0 aliphatic rings. The van der Waals surface area contributed by atoms with E-state index >= 15 is 0 Å². The summed E-state index contributed by atoms with van der Waals surface area (Å²) in [6, 6.07) is 7.68. The first-order valence-electron chi connectivity index (χ1n) is 11.9. The molecule has 0 fully saturated rings. The minimum Gasteiger partial charge on any atom is -0.339 e. The first-order valence-corrected chi connectivity index (χ1v) is 14.5. The van der Waals surface area contributed by atoms with E-state index in [0.717, 1.165) is 28.5 Å². The third-order valence-corrected chi connectivity index (χ3v) is 7.10. The summed E-state index contributed by atoms with van der Waals surface area (Å²) in [5.74, 6) is -0.164. The average molecular weight is 649 g/mol. The zero-order valence-electron chi connectivity index (χ0n) is 19.4. The van der Waals surface area contributed by atoms with Gasteiger partial charge in [0.15, 0.2) is 5.11 Å². The second kappa shape index (κ2) is 18.3. The number of rotatable bonds is 16. The smallest absolute Gasteiger partial charge is 0.228 e. The van der Waals surface area contributed by atoms with Crippen molar-refractivity contribution in [3.05, 3.63) is 27.8 Å². The Morgan fingerprint density at radius 2 is 1.42 bits per heavy atom. The number of benzene rings is 1. The Morgan fingerprint density at radius 3 is 1.94 bits per heavy atom. The van der Waals surface area contributed by atoms with Crippen LogP contribution in [-0.4, -0.2) is 21.0 Å². The van der Waals surface area contributed by atoms with E-state index in [4.69, 9.17) is 47.0 Å². The molecule has 0 aromatic heterocycles. The van der Waals surface area contributed by atoms with Gasteiger partial charge in [-0.2, -0.15) is 0 Å². The highest BCUT2D eigenvalue weighted by Gasteiger charge is 2.34. The van der Waals surface area contributed by atoms with Gasteiger partial charge in [0.2, 0.25) is 9.70 Å². The highest BCUT2D eigenvalue weighted by molar-refractivity contribution is 14.1. The summed E-state index contributed by atoms with van der Waals surface area (Å²) in [6.07, 6.45) is 14.4. The van der Waals surface area contributed by atoms with Gasteiger partial charge in [0.25, 0.3) is 0 Å². The van der Waals surface area contributed by atoms with E-state index in [2.05, 4.69) is 45.5 Å². The summed E-state index contributed by atoms with van der Waals surface area (Å²) in [4.78, 5) is 12.4. The van der Waals surface area contributed by atoms with Crippen LogP contribution in [0.3, 0.4) is 0 Å². The average Bonchev–Trinajstić information content (AvgIpc) is 2.75. The minimum atomic E-state index is -1.75. The van der Waals surface area contributed by atoms with Crippen LogP contribution in [0, 0.1) is 3.57 Å². The van der Waals surface area contributed by atoms with Gasteiger partial charge in [-0.25, -0.2) is 0 Å². The van der Waals surface area contributed by atoms with Crippen molar-refractivity contribution >= 4 is 86.3 Å². The van der Waals surface area contributed by atoms with Gasteiger partial charge in [0, 0.05) is 9.99 Å². The van der Waals surface area contributed by atoms with E-state index in [1.807, 2.05) is 24.3 Å². The molecule has 1 atom stereocenters. The monoisotopic (exact) mass is 647 g/mol. The van der Waals surface area contributed by atoms with Crippen molar-refractivity contribution in [2.75, 3.05) is 5.32 Å². The zero-order chi connectivity index (χ0) is 24.5. The molecule has 1 rings (SSSR count). The van der Waals surface area contributed by atoms with Gasteiger partial charge in [-0.1, -0.05) is 124 Å². The van der Waals surface area contributed by atoms with E-state index in [0.29, 0.717) is 6.42 Å². The van der Waals surface area contributed by atoms with Crippen LogP contribution in [0.5, 0.6) is 0 Å². The maximum atomic E-state index is 12.4. The Hall–Kier alpha value is -0.0200. The highest BCUT2D eigenvalue weighted by Crippen LogP contribution is 2.29. The number of alkyl halides is 3. The highest BCUT2D eigenvalue weighted by atomic mass is 127. The third kappa shape index (κ3) is 15.6. The van der Waals surface area contributed by atoms with Crippen LogP contribution in [0.25, 0.3) is 0 Å². The van der Waals surface area contributed by atoms with Crippen LogP contribution in [-0.2, 0) is 4.79 Å². The van der Waals surface area contributed by atoms with Crippen LogP contribution in [0.4, 0.5) is 5.69 Å². The Labute approximate surface area is 233 Å². The molecule has 3 N–H and O–H groups in total. The van der Waals surface area contributed by atoms with E-state index in [1.54, 1.807) is 0 Å². The maximum Gasteiger partial charge on any atom is 0.228 e. The number of carbonyl (C=O) groups excluding carboxylic acids is 1. The molecule has 0 saturated heterocycles. The molecule has 9 heteroatoms. The van der Waals surface area contributed by atoms with Gasteiger partial charge in [0.1, 0.15) is 6.17 Å². The van der Waals surface area contributed by atoms with Crippen molar-refractivity contribution < 1.29 is 4.79 Å². The topological polar surface area (TPSA) is 53.2 Å². The quantitative estimate of drug-likeness (QED) is 0.0554. The molecule has 0 aliphatic carbocycles. The number of unbranched alkanes of at least 4 members (excludes halogenated alkanes) is 11. The molecule has 0 spiro atoms. The third-order valence-electron chi connectivity index (χ3n) is 5.29. The van der Waals surface area contributed by atoms with Crippen molar-refractivity contribution in [2.24, 2.45) is 0 Å². The number of amides is 1. The summed E-state index contributed by atoms with van der Waals surface area (Å²) < 4.78 is -0.748. The fourth-order valence-corrected chi connectivity index (χ4v) is 4.49. The van der Waals surface area contributed by atoms with Gasteiger partial charge >= 0.3 is 0 Å². The molecule has 1 aromatic carbocycles. The molecule has 0 radical (unpaired) electrons. The van der Waals surface area contributed by atoms with Crippen LogP contribution < -0.4 is 16.0 Å². The molecule has 0 heterocycles. The lowest BCUT2D eigenvalue weighted by Gasteiger charge is -2.28. The molecule has 0 bridgehead atoms. The second-order valence-electron chi connectivity index (χ2n) is 8.26. The fourth-order valence-electron chi connectivity index (χ4n) is 3.41. The summed E-state index contributed by atoms with van der Waals surface area (Å²) in [5.41, 5.74) is 0.835. The molecule has 1 aromatic rings. The SMILES string of the molecule is CCCCCCCCCCCCCCC(=O)NC(NC(=S)Nc1ccccc1I)C(Cl)(Cl)Cl.